The molecule has 1 aliphatic rings. The lowest BCUT2D eigenvalue weighted by molar-refractivity contribution is -0.116. The second-order valence-corrected chi connectivity index (χ2v) is 5.78. The average molecular weight is 346 g/mol. The van der Waals surface area contributed by atoms with Gasteiger partial charge in [-0.15, -0.1) is 0 Å². The van der Waals surface area contributed by atoms with E-state index in [4.69, 9.17) is 4.74 Å². The smallest absolute Gasteiger partial charge is 0.255 e. The summed E-state index contributed by atoms with van der Waals surface area (Å²) < 4.78 is 19.6. The van der Waals surface area contributed by atoms with E-state index in [0.717, 1.165) is 0 Å². The second-order valence-electron chi connectivity index (χ2n) is 5.78. The van der Waals surface area contributed by atoms with Crippen LogP contribution in [-0.2, 0) is 16.1 Å². The number of nitrogens with one attached hydrogen (secondary N) is 1. The van der Waals surface area contributed by atoms with E-state index in [-0.39, 0.29) is 23.8 Å². The third-order valence-corrected chi connectivity index (χ3v) is 3.84. The second kappa shape index (κ2) is 7.43. The van der Waals surface area contributed by atoms with Crippen LogP contribution in [0.4, 0.5) is 16.0 Å². The number of morpholine rings is 1. The Morgan fingerprint density at radius 1 is 1.28 bits per heavy atom. The maximum atomic E-state index is 12.9. The third kappa shape index (κ3) is 4.21. The molecule has 0 spiro atoms. The van der Waals surface area contributed by atoms with E-state index in [2.05, 4.69) is 10.3 Å². The average Bonchev–Trinajstić information content (AvgIpc) is 2.60. The summed E-state index contributed by atoms with van der Waals surface area (Å²) in [4.78, 5) is 31.0. The molecule has 2 heterocycles. The molecule has 3 rings (SSSR count). The van der Waals surface area contributed by atoms with Gasteiger partial charge in [-0.2, -0.15) is 0 Å². The number of aryl methyl sites for hydroxylation is 1. The highest BCUT2D eigenvalue weighted by atomic mass is 19.1. The summed E-state index contributed by atoms with van der Waals surface area (Å²) in [6.07, 6.45) is 0. The first kappa shape index (κ1) is 17.1. The number of rotatable bonds is 4. The Kier molecular flexibility index (Phi) is 5.08. The molecule has 1 aromatic heterocycles. The number of hydrogen-bond donors (Lipinski definition) is 1. The van der Waals surface area contributed by atoms with Gasteiger partial charge in [0.15, 0.2) is 0 Å². The summed E-state index contributed by atoms with van der Waals surface area (Å²) in [7, 11) is 0. The first-order chi connectivity index (χ1) is 12.0. The predicted octanol–water partition coefficient (Wildman–Crippen LogP) is 1.17. The lowest BCUT2D eigenvalue weighted by Gasteiger charge is -2.29. The molecule has 8 heteroatoms. The molecule has 7 nitrogen and oxygen atoms in total. The van der Waals surface area contributed by atoms with E-state index in [1.807, 2.05) is 4.90 Å². The van der Waals surface area contributed by atoms with Gasteiger partial charge in [0.05, 0.1) is 13.2 Å². The Bertz CT molecular complexity index is 814. The Hall–Kier alpha value is -2.74. The summed E-state index contributed by atoms with van der Waals surface area (Å²) in [6, 6.07) is 6.84. The predicted molar refractivity (Wildman–Crippen MR) is 91.3 cm³/mol. The quantitative estimate of drug-likeness (QED) is 0.899. The minimum atomic E-state index is -0.383. The maximum Gasteiger partial charge on any atom is 0.255 e. The van der Waals surface area contributed by atoms with Crippen molar-refractivity contribution < 1.29 is 13.9 Å². The number of carbonyl (C=O) groups excluding carboxylic acids is 1. The van der Waals surface area contributed by atoms with Crippen LogP contribution in [0.1, 0.15) is 5.69 Å². The Morgan fingerprint density at radius 3 is 2.64 bits per heavy atom. The summed E-state index contributed by atoms with van der Waals surface area (Å²) in [5.41, 5.74) is 0.775. The standard InChI is InChI=1S/C17H19FN4O3/c1-12-10-16(24)22(17(19-12)21-6-8-25-9-7-21)11-15(23)20-14-4-2-13(18)3-5-14/h2-5,10H,6-9,11H2,1H3,(H,20,23). The van der Waals surface area contributed by atoms with Gasteiger partial charge < -0.3 is 15.0 Å². The molecule has 25 heavy (non-hydrogen) atoms. The van der Waals surface area contributed by atoms with Crippen LogP contribution in [0.2, 0.25) is 0 Å². The van der Waals surface area contributed by atoms with Crippen LogP contribution >= 0.6 is 0 Å². The molecule has 0 bridgehead atoms. The highest BCUT2D eigenvalue weighted by Crippen LogP contribution is 2.13. The van der Waals surface area contributed by atoms with Crippen LogP contribution in [0.3, 0.4) is 0 Å². The van der Waals surface area contributed by atoms with E-state index in [1.165, 1.54) is 34.9 Å². The number of aromatic nitrogens is 2. The van der Waals surface area contributed by atoms with Gasteiger partial charge in [0.1, 0.15) is 12.4 Å². The van der Waals surface area contributed by atoms with Gasteiger partial charge in [-0.25, -0.2) is 9.37 Å². The number of benzene rings is 1. The molecule has 1 N–H and O–H groups in total. The molecule has 1 aromatic carbocycles. The van der Waals surface area contributed by atoms with Crippen molar-refractivity contribution in [3.05, 3.63) is 52.2 Å². The van der Waals surface area contributed by atoms with Crippen molar-refractivity contribution in [3.8, 4) is 0 Å². The fourth-order valence-corrected chi connectivity index (χ4v) is 2.64. The number of amides is 1. The molecule has 0 unspecified atom stereocenters. The Morgan fingerprint density at radius 2 is 1.96 bits per heavy atom. The van der Waals surface area contributed by atoms with E-state index in [1.54, 1.807) is 6.92 Å². The summed E-state index contributed by atoms with van der Waals surface area (Å²) >= 11 is 0. The van der Waals surface area contributed by atoms with Gasteiger partial charge in [-0.05, 0) is 31.2 Å². The zero-order valence-corrected chi connectivity index (χ0v) is 13.9. The number of carbonyl (C=O) groups is 1. The number of ether oxygens (including phenoxy) is 1. The highest BCUT2D eigenvalue weighted by Gasteiger charge is 2.19. The maximum absolute atomic E-state index is 12.9. The first-order valence-corrected chi connectivity index (χ1v) is 7.99. The normalized spacial score (nSPS) is 14.4. The van der Waals surface area contributed by atoms with Crippen LogP contribution < -0.4 is 15.8 Å². The van der Waals surface area contributed by atoms with Crippen molar-refractivity contribution in [1.82, 2.24) is 9.55 Å². The zero-order valence-electron chi connectivity index (χ0n) is 13.9. The zero-order chi connectivity index (χ0) is 17.8. The summed E-state index contributed by atoms with van der Waals surface area (Å²) in [5.74, 6) is -0.303. The van der Waals surface area contributed by atoms with E-state index < -0.39 is 0 Å². The molecule has 0 atom stereocenters. The van der Waals surface area contributed by atoms with Gasteiger partial charge in [-0.1, -0.05) is 0 Å². The number of hydrogen-bond acceptors (Lipinski definition) is 5. The van der Waals surface area contributed by atoms with E-state index in [9.17, 15) is 14.0 Å². The lowest BCUT2D eigenvalue weighted by Crippen LogP contribution is -2.41. The highest BCUT2D eigenvalue weighted by molar-refractivity contribution is 5.90. The summed E-state index contributed by atoms with van der Waals surface area (Å²) in [5, 5.41) is 2.65. The Balaban J connectivity index is 1.82. The SMILES string of the molecule is Cc1cc(=O)n(CC(=O)Nc2ccc(F)cc2)c(N2CCOCC2)n1. The molecule has 2 aromatic rings. The largest absolute Gasteiger partial charge is 0.378 e. The number of anilines is 2. The van der Waals surface area contributed by atoms with Gasteiger partial charge in [0, 0.05) is 30.5 Å². The monoisotopic (exact) mass is 346 g/mol. The third-order valence-electron chi connectivity index (χ3n) is 3.84. The topological polar surface area (TPSA) is 76.5 Å². The van der Waals surface area contributed by atoms with Gasteiger partial charge in [0.25, 0.3) is 5.56 Å². The van der Waals surface area contributed by atoms with Gasteiger partial charge in [0.2, 0.25) is 11.9 Å². The van der Waals surface area contributed by atoms with Crippen molar-refractivity contribution in [1.29, 1.82) is 0 Å². The minimum absolute atomic E-state index is 0.170. The minimum Gasteiger partial charge on any atom is -0.378 e. The molecular formula is C17H19FN4O3. The van der Waals surface area contributed by atoms with Crippen molar-refractivity contribution in [2.45, 2.75) is 13.5 Å². The van der Waals surface area contributed by atoms with Gasteiger partial charge in [-0.3, -0.25) is 14.2 Å². The fraction of sp³-hybridized carbons (Fsp3) is 0.353. The molecule has 1 fully saturated rings. The van der Waals surface area contributed by atoms with Crippen molar-refractivity contribution in [3.63, 3.8) is 0 Å². The van der Waals surface area contributed by atoms with Crippen molar-refractivity contribution in [2.75, 3.05) is 36.5 Å². The molecule has 132 valence electrons. The first-order valence-electron chi connectivity index (χ1n) is 7.99. The van der Waals surface area contributed by atoms with E-state index >= 15 is 0 Å². The van der Waals surface area contributed by atoms with Crippen molar-refractivity contribution >= 4 is 17.5 Å². The molecular weight excluding hydrogens is 327 g/mol. The van der Waals surface area contributed by atoms with Crippen LogP contribution in [0.15, 0.2) is 35.1 Å². The Labute approximate surface area is 144 Å². The molecule has 0 aliphatic carbocycles. The molecule has 1 amide bonds. The lowest BCUT2D eigenvalue weighted by atomic mass is 10.3. The molecule has 1 saturated heterocycles. The van der Waals surface area contributed by atoms with Gasteiger partial charge >= 0.3 is 0 Å². The van der Waals surface area contributed by atoms with Crippen LogP contribution in [0, 0.1) is 12.7 Å². The molecule has 1 aliphatic heterocycles. The molecule has 0 saturated carbocycles. The van der Waals surface area contributed by atoms with Crippen LogP contribution in [-0.4, -0.2) is 41.8 Å². The fourth-order valence-electron chi connectivity index (χ4n) is 2.64. The number of nitrogens with zero attached hydrogens (tertiary/aromatic N) is 3. The molecule has 0 radical (unpaired) electrons. The van der Waals surface area contributed by atoms with Crippen molar-refractivity contribution in [2.24, 2.45) is 0 Å². The summed E-state index contributed by atoms with van der Waals surface area (Å²) in [6.45, 7) is 3.88. The van der Waals surface area contributed by atoms with Crippen LogP contribution in [0.5, 0.6) is 0 Å². The van der Waals surface area contributed by atoms with E-state index in [0.29, 0.717) is 43.6 Å². The number of halogens is 1. The van der Waals surface area contributed by atoms with Crippen LogP contribution in [0.25, 0.3) is 0 Å².